The maximum Gasteiger partial charge on any atom is 0.267 e. The number of aryl methyl sites for hydroxylation is 4. The van der Waals surface area contributed by atoms with Crippen molar-refractivity contribution >= 4 is 11.6 Å². The average molecular weight is 391 g/mol. The first-order valence-corrected chi connectivity index (χ1v) is 9.39. The van der Waals surface area contributed by atoms with Crippen LogP contribution in [0.4, 0.5) is 5.69 Å². The first-order chi connectivity index (χ1) is 13.8. The second-order valence-corrected chi connectivity index (χ2v) is 7.22. The summed E-state index contributed by atoms with van der Waals surface area (Å²) in [6, 6.07) is 12.8. The van der Waals surface area contributed by atoms with Gasteiger partial charge in [-0.2, -0.15) is 5.10 Å². The molecule has 6 heteroatoms. The molecule has 150 valence electrons. The summed E-state index contributed by atoms with van der Waals surface area (Å²) < 4.78 is 6.47. The lowest BCUT2D eigenvalue weighted by molar-refractivity contribution is -0.117. The molecule has 1 heterocycles. The van der Waals surface area contributed by atoms with Crippen LogP contribution in [0.5, 0.6) is 5.75 Å². The van der Waals surface area contributed by atoms with E-state index in [2.05, 4.69) is 29.5 Å². The summed E-state index contributed by atoms with van der Waals surface area (Å²) in [5, 5.41) is 7.23. The highest BCUT2D eigenvalue weighted by Gasteiger charge is 2.12. The highest BCUT2D eigenvalue weighted by atomic mass is 16.5. The number of benzene rings is 2. The molecular weight excluding hydrogens is 366 g/mol. The van der Waals surface area contributed by atoms with E-state index in [4.69, 9.17) is 4.74 Å². The van der Waals surface area contributed by atoms with Crippen molar-refractivity contribution in [1.82, 2.24) is 9.78 Å². The highest BCUT2D eigenvalue weighted by Crippen LogP contribution is 2.26. The van der Waals surface area contributed by atoms with Gasteiger partial charge in [-0.05, 0) is 74.2 Å². The fraction of sp³-hybridized carbons (Fsp3) is 0.261. The van der Waals surface area contributed by atoms with Crippen molar-refractivity contribution in [2.75, 3.05) is 12.4 Å². The van der Waals surface area contributed by atoms with Crippen LogP contribution in [0, 0.1) is 27.7 Å². The summed E-state index contributed by atoms with van der Waals surface area (Å²) in [4.78, 5) is 24.8. The number of methoxy groups -OCH3 is 1. The Kier molecular flexibility index (Phi) is 5.82. The van der Waals surface area contributed by atoms with Crippen molar-refractivity contribution in [3.05, 3.63) is 75.1 Å². The van der Waals surface area contributed by atoms with Gasteiger partial charge in [-0.15, -0.1) is 0 Å². The van der Waals surface area contributed by atoms with Gasteiger partial charge in [0.2, 0.25) is 5.91 Å². The number of aromatic nitrogens is 2. The van der Waals surface area contributed by atoms with Gasteiger partial charge >= 0.3 is 0 Å². The molecule has 0 aliphatic rings. The van der Waals surface area contributed by atoms with Gasteiger partial charge in [0.25, 0.3) is 5.56 Å². The molecule has 1 amide bonds. The van der Waals surface area contributed by atoms with Crippen molar-refractivity contribution in [1.29, 1.82) is 0 Å². The van der Waals surface area contributed by atoms with E-state index in [1.165, 1.54) is 16.3 Å². The SMILES string of the molecule is COc1ccc(C)cc1NC(=O)Cn1nc(-c2cc(C)c(C)cc2C)ccc1=O. The molecule has 0 radical (unpaired) electrons. The van der Waals surface area contributed by atoms with Crippen LogP contribution in [0.1, 0.15) is 22.3 Å². The predicted molar refractivity (Wildman–Crippen MR) is 115 cm³/mol. The minimum Gasteiger partial charge on any atom is -0.495 e. The molecule has 3 rings (SSSR count). The van der Waals surface area contributed by atoms with Crippen molar-refractivity contribution in [3.63, 3.8) is 0 Å². The number of carbonyl (C=O) groups is 1. The van der Waals surface area contributed by atoms with Crippen LogP contribution in [0.2, 0.25) is 0 Å². The van der Waals surface area contributed by atoms with Gasteiger partial charge in [-0.25, -0.2) is 4.68 Å². The molecule has 6 nitrogen and oxygen atoms in total. The van der Waals surface area contributed by atoms with Crippen molar-refractivity contribution in [3.8, 4) is 17.0 Å². The van der Waals surface area contributed by atoms with Gasteiger partial charge in [0, 0.05) is 11.6 Å². The smallest absolute Gasteiger partial charge is 0.267 e. The molecule has 0 bridgehead atoms. The zero-order valence-corrected chi connectivity index (χ0v) is 17.4. The number of hydrogen-bond acceptors (Lipinski definition) is 4. The van der Waals surface area contributed by atoms with Crippen LogP contribution >= 0.6 is 0 Å². The summed E-state index contributed by atoms with van der Waals surface area (Å²) in [6.07, 6.45) is 0. The van der Waals surface area contributed by atoms with E-state index in [-0.39, 0.29) is 18.0 Å². The van der Waals surface area contributed by atoms with Gasteiger partial charge in [0.15, 0.2) is 0 Å². The average Bonchev–Trinajstić information content (AvgIpc) is 2.67. The quantitative estimate of drug-likeness (QED) is 0.718. The molecule has 0 fully saturated rings. The maximum absolute atomic E-state index is 12.6. The number of anilines is 1. The lowest BCUT2D eigenvalue weighted by Gasteiger charge is -2.13. The van der Waals surface area contributed by atoms with Crippen LogP contribution in [0.15, 0.2) is 47.3 Å². The molecule has 3 aromatic rings. The van der Waals surface area contributed by atoms with E-state index >= 15 is 0 Å². The fourth-order valence-electron chi connectivity index (χ4n) is 3.19. The molecule has 1 N–H and O–H groups in total. The number of rotatable bonds is 5. The second kappa shape index (κ2) is 8.31. The molecule has 0 aliphatic carbocycles. The first-order valence-electron chi connectivity index (χ1n) is 9.39. The Morgan fingerprint density at radius 2 is 1.72 bits per heavy atom. The molecule has 29 heavy (non-hydrogen) atoms. The number of amides is 1. The van der Waals surface area contributed by atoms with E-state index < -0.39 is 0 Å². The zero-order chi connectivity index (χ0) is 21.1. The summed E-state index contributed by atoms with van der Waals surface area (Å²) in [5.74, 6) is 0.209. The molecule has 2 aromatic carbocycles. The van der Waals surface area contributed by atoms with Gasteiger partial charge in [0.05, 0.1) is 18.5 Å². The normalized spacial score (nSPS) is 10.7. The third kappa shape index (κ3) is 4.54. The van der Waals surface area contributed by atoms with Gasteiger partial charge in [-0.3, -0.25) is 9.59 Å². The van der Waals surface area contributed by atoms with Crippen LogP contribution in [-0.4, -0.2) is 22.8 Å². The summed E-state index contributed by atoms with van der Waals surface area (Å²) >= 11 is 0. The molecule has 0 saturated carbocycles. The zero-order valence-electron chi connectivity index (χ0n) is 17.4. The number of hydrogen-bond donors (Lipinski definition) is 1. The van der Waals surface area contributed by atoms with Crippen LogP contribution in [0.25, 0.3) is 11.3 Å². The molecule has 0 aliphatic heterocycles. The second-order valence-electron chi connectivity index (χ2n) is 7.22. The van der Waals surface area contributed by atoms with E-state index in [9.17, 15) is 9.59 Å². The monoisotopic (exact) mass is 391 g/mol. The first kappa shape index (κ1) is 20.3. The third-order valence-corrected chi connectivity index (χ3v) is 4.91. The van der Waals surface area contributed by atoms with Gasteiger partial charge in [0.1, 0.15) is 12.3 Å². The Morgan fingerprint density at radius 1 is 1.00 bits per heavy atom. The Morgan fingerprint density at radius 3 is 2.45 bits per heavy atom. The van der Waals surface area contributed by atoms with E-state index in [0.717, 1.165) is 22.3 Å². The minimum atomic E-state index is -0.350. The molecule has 1 aromatic heterocycles. The van der Waals surface area contributed by atoms with E-state index in [1.54, 1.807) is 19.2 Å². The highest BCUT2D eigenvalue weighted by molar-refractivity contribution is 5.92. The number of nitrogens with one attached hydrogen (secondary N) is 1. The van der Waals surface area contributed by atoms with E-state index in [1.807, 2.05) is 32.9 Å². The molecule has 0 saturated heterocycles. The topological polar surface area (TPSA) is 73.2 Å². The Labute approximate surface area is 170 Å². The van der Waals surface area contributed by atoms with Crippen LogP contribution < -0.4 is 15.6 Å². The van der Waals surface area contributed by atoms with Crippen LogP contribution in [0.3, 0.4) is 0 Å². The van der Waals surface area contributed by atoms with Gasteiger partial charge < -0.3 is 10.1 Å². The maximum atomic E-state index is 12.6. The third-order valence-electron chi connectivity index (χ3n) is 4.91. The van der Waals surface area contributed by atoms with Crippen molar-refractivity contribution < 1.29 is 9.53 Å². The Balaban J connectivity index is 1.88. The molecule has 0 unspecified atom stereocenters. The lowest BCUT2D eigenvalue weighted by atomic mass is 9.99. The standard InChI is InChI=1S/C23H25N3O3/c1-14-6-8-21(29-5)20(10-14)24-22(27)13-26-23(28)9-7-19(25-26)18-12-16(3)15(2)11-17(18)4/h6-12H,13H2,1-5H3,(H,24,27). The molecule has 0 atom stereocenters. The minimum absolute atomic E-state index is 0.187. The summed E-state index contributed by atoms with van der Waals surface area (Å²) in [6.45, 7) is 7.85. The summed E-state index contributed by atoms with van der Waals surface area (Å²) in [5.41, 5.74) is 6.24. The molecule has 0 spiro atoms. The van der Waals surface area contributed by atoms with Crippen molar-refractivity contribution in [2.24, 2.45) is 0 Å². The number of nitrogens with zero attached hydrogens (tertiary/aromatic N) is 2. The number of ether oxygens (including phenoxy) is 1. The van der Waals surface area contributed by atoms with Gasteiger partial charge in [-0.1, -0.05) is 12.1 Å². The lowest BCUT2D eigenvalue weighted by Crippen LogP contribution is -2.29. The fourth-order valence-corrected chi connectivity index (χ4v) is 3.19. The molecular formula is C23H25N3O3. The van der Waals surface area contributed by atoms with E-state index in [0.29, 0.717) is 17.1 Å². The Hall–Kier alpha value is -3.41. The summed E-state index contributed by atoms with van der Waals surface area (Å²) in [7, 11) is 1.54. The van der Waals surface area contributed by atoms with Crippen LogP contribution in [-0.2, 0) is 11.3 Å². The Bertz CT molecular complexity index is 1130. The number of carbonyl (C=O) groups excluding carboxylic acids is 1. The predicted octanol–water partition coefficient (Wildman–Crippen LogP) is 3.79. The van der Waals surface area contributed by atoms with Crippen molar-refractivity contribution in [2.45, 2.75) is 34.2 Å². The largest absolute Gasteiger partial charge is 0.495 e.